The molecule has 1 aromatic carbocycles. The number of benzene rings is 1. The van der Waals surface area contributed by atoms with Crippen LogP contribution in [0.25, 0.3) is 0 Å². The SMILES string of the molecule is CC(NCc1cccnc1)c1cccc([N+](=O)[O-])c1. The third-order valence-corrected chi connectivity index (χ3v) is 2.92. The van der Waals surface area contributed by atoms with Gasteiger partial charge in [-0.25, -0.2) is 0 Å². The van der Waals surface area contributed by atoms with Crippen molar-refractivity contribution < 1.29 is 4.92 Å². The quantitative estimate of drug-likeness (QED) is 0.660. The summed E-state index contributed by atoms with van der Waals surface area (Å²) in [7, 11) is 0. The van der Waals surface area contributed by atoms with Crippen LogP contribution in [-0.2, 0) is 6.54 Å². The van der Waals surface area contributed by atoms with Crippen molar-refractivity contribution in [3.8, 4) is 0 Å². The number of nitro groups is 1. The molecule has 0 aliphatic heterocycles. The van der Waals surface area contributed by atoms with Crippen LogP contribution in [0.15, 0.2) is 48.8 Å². The van der Waals surface area contributed by atoms with Gasteiger partial charge in [0.05, 0.1) is 4.92 Å². The van der Waals surface area contributed by atoms with Gasteiger partial charge in [0.1, 0.15) is 0 Å². The molecule has 5 nitrogen and oxygen atoms in total. The van der Waals surface area contributed by atoms with Crippen LogP contribution in [0, 0.1) is 10.1 Å². The topological polar surface area (TPSA) is 68.1 Å². The van der Waals surface area contributed by atoms with Crippen molar-refractivity contribution in [1.29, 1.82) is 0 Å². The zero-order valence-electron chi connectivity index (χ0n) is 10.6. The summed E-state index contributed by atoms with van der Waals surface area (Å²) in [6.07, 6.45) is 3.53. The van der Waals surface area contributed by atoms with Gasteiger partial charge in [-0.1, -0.05) is 18.2 Å². The maximum Gasteiger partial charge on any atom is 0.269 e. The minimum atomic E-state index is -0.378. The molecule has 0 radical (unpaired) electrons. The van der Waals surface area contributed by atoms with Crippen molar-refractivity contribution in [2.75, 3.05) is 0 Å². The Morgan fingerprint density at radius 2 is 2.21 bits per heavy atom. The molecule has 1 heterocycles. The van der Waals surface area contributed by atoms with Crippen LogP contribution in [0.4, 0.5) is 5.69 Å². The lowest BCUT2D eigenvalue weighted by Gasteiger charge is -2.13. The van der Waals surface area contributed by atoms with Crippen LogP contribution >= 0.6 is 0 Å². The summed E-state index contributed by atoms with van der Waals surface area (Å²) in [5.41, 5.74) is 2.10. The molecule has 1 N–H and O–H groups in total. The summed E-state index contributed by atoms with van der Waals surface area (Å²) in [6, 6.07) is 10.6. The van der Waals surface area contributed by atoms with E-state index in [2.05, 4.69) is 10.3 Å². The van der Waals surface area contributed by atoms with E-state index < -0.39 is 0 Å². The highest BCUT2D eigenvalue weighted by Gasteiger charge is 2.10. The van der Waals surface area contributed by atoms with E-state index in [0.29, 0.717) is 6.54 Å². The van der Waals surface area contributed by atoms with Crippen molar-refractivity contribution in [2.24, 2.45) is 0 Å². The molecule has 1 atom stereocenters. The molecule has 1 unspecified atom stereocenters. The van der Waals surface area contributed by atoms with E-state index >= 15 is 0 Å². The van der Waals surface area contributed by atoms with E-state index in [9.17, 15) is 10.1 Å². The van der Waals surface area contributed by atoms with Gasteiger partial charge in [-0.3, -0.25) is 15.1 Å². The fourth-order valence-corrected chi connectivity index (χ4v) is 1.80. The smallest absolute Gasteiger partial charge is 0.269 e. The first-order valence-corrected chi connectivity index (χ1v) is 6.03. The lowest BCUT2D eigenvalue weighted by atomic mass is 10.1. The Morgan fingerprint density at radius 1 is 1.37 bits per heavy atom. The monoisotopic (exact) mass is 257 g/mol. The number of non-ortho nitro benzene ring substituents is 1. The van der Waals surface area contributed by atoms with E-state index in [1.807, 2.05) is 25.1 Å². The van der Waals surface area contributed by atoms with E-state index in [1.165, 1.54) is 6.07 Å². The van der Waals surface area contributed by atoms with Gasteiger partial charge in [-0.2, -0.15) is 0 Å². The van der Waals surface area contributed by atoms with Crippen LogP contribution in [0.1, 0.15) is 24.1 Å². The Bertz CT molecular complexity index is 558. The normalized spacial score (nSPS) is 12.1. The number of nitrogens with zero attached hydrogens (tertiary/aromatic N) is 2. The summed E-state index contributed by atoms with van der Waals surface area (Å²) < 4.78 is 0. The molecule has 0 saturated heterocycles. The predicted octanol–water partition coefficient (Wildman–Crippen LogP) is 2.84. The van der Waals surface area contributed by atoms with Gasteiger partial charge in [0.15, 0.2) is 0 Å². The third-order valence-electron chi connectivity index (χ3n) is 2.92. The number of rotatable bonds is 5. The Hall–Kier alpha value is -2.27. The standard InChI is InChI=1S/C14H15N3O2/c1-11(16-10-12-4-3-7-15-9-12)13-5-2-6-14(8-13)17(18)19/h2-9,11,16H,10H2,1H3. The first-order chi connectivity index (χ1) is 9.16. The molecular formula is C14H15N3O2. The van der Waals surface area contributed by atoms with E-state index in [0.717, 1.165) is 11.1 Å². The largest absolute Gasteiger partial charge is 0.306 e. The van der Waals surface area contributed by atoms with Crippen LogP contribution in [0.2, 0.25) is 0 Å². The van der Waals surface area contributed by atoms with Crippen LogP contribution < -0.4 is 5.32 Å². The van der Waals surface area contributed by atoms with Crippen molar-refractivity contribution in [3.63, 3.8) is 0 Å². The average Bonchev–Trinajstić information content (AvgIpc) is 2.46. The molecule has 19 heavy (non-hydrogen) atoms. The van der Waals surface area contributed by atoms with Crippen molar-refractivity contribution >= 4 is 5.69 Å². The molecule has 0 fully saturated rings. The zero-order chi connectivity index (χ0) is 13.7. The second kappa shape index (κ2) is 6.06. The second-order valence-electron chi connectivity index (χ2n) is 4.32. The highest BCUT2D eigenvalue weighted by molar-refractivity contribution is 5.35. The number of hydrogen-bond donors (Lipinski definition) is 1. The molecule has 5 heteroatoms. The number of nitro benzene ring substituents is 1. The molecule has 1 aromatic heterocycles. The molecule has 0 saturated carbocycles. The molecule has 0 aliphatic rings. The fourth-order valence-electron chi connectivity index (χ4n) is 1.80. The molecule has 0 bridgehead atoms. The lowest BCUT2D eigenvalue weighted by Crippen LogP contribution is -2.18. The summed E-state index contributed by atoms with van der Waals surface area (Å²) in [5, 5.41) is 14.1. The summed E-state index contributed by atoms with van der Waals surface area (Å²) in [4.78, 5) is 14.4. The number of hydrogen-bond acceptors (Lipinski definition) is 4. The molecule has 2 aromatic rings. The van der Waals surface area contributed by atoms with Gasteiger partial charge in [-0.15, -0.1) is 0 Å². The van der Waals surface area contributed by atoms with Gasteiger partial charge in [0, 0.05) is 37.1 Å². The van der Waals surface area contributed by atoms with Gasteiger partial charge < -0.3 is 5.32 Å². The van der Waals surface area contributed by atoms with Gasteiger partial charge in [-0.05, 0) is 24.1 Å². The van der Waals surface area contributed by atoms with Gasteiger partial charge in [0.2, 0.25) is 0 Å². The average molecular weight is 257 g/mol. The van der Waals surface area contributed by atoms with E-state index in [-0.39, 0.29) is 16.7 Å². The molecule has 0 spiro atoms. The number of nitrogens with one attached hydrogen (secondary N) is 1. The first-order valence-electron chi connectivity index (χ1n) is 6.03. The Labute approximate surface area is 111 Å². The Balaban J connectivity index is 2.02. The van der Waals surface area contributed by atoms with E-state index in [1.54, 1.807) is 24.5 Å². The third kappa shape index (κ3) is 3.59. The molecule has 98 valence electrons. The Kier molecular flexibility index (Phi) is 4.20. The predicted molar refractivity (Wildman–Crippen MR) is 72.6 cm³/mol. The molecule has 0 aliphatic carbocycles. The van der Waals surface area contributed by atoms with Gasteiger partial charge >= 0.3 is 0 Å². The number of aromatic nitrogens is 1. The lowest BCUT2D eigenvalue weighted by molar-refractivity contribution is -0.384. The van der Waals surface area contributed by atoms with Crippen molar-refractivity contribution in [1.82, 2.24) is 10.3 Å². The zero-order valence-corrected chi connectivity index (χ0v) is 10.6. The second-order valence-corrected chi connectivity index (χ2v) is 4.32. The summed E-state index contributed by atoms with van der Waals surface area (Å²) in [6.45, 7) is 2.66. The first kappa shape index (κ1) is 13.2. The van der Waals surface area contributed by atoms with Gasteiger partial charge in [0.25, 0.3) is 5.69 Å². The fraction of sp³-hybridized carbons (Fsp3) is 0.214. The van der Waals surface area contributed by atoms with Crippen molar-refractivity contribution in [3.05, 3.63) is 70.0 Å². The summed E-state index contributed by atoms with van der Waals surface area (Å²) in [5.74, 6) is 0. The molecule has 2 rings (SSSR count). The highest BCUT2D eigenvalue weighted by atomic mass is 16.6. The minimum absolute atomic E-state index is 0.0418. The molecular weight excluding hydrogens is 242 g/mol. The molecule has 0 amide bonds. The maximum atomic E-state index is 10.7. The van der Waals surface area contributed by atoms with Crippen molar-refractivity contribution in [2.45, 2.75) is 19.5 Å². The van der Waals surface area contributed by atoms with Crippen LogP contribution in [0.3, 0.4) is 0 Å². The van der Waals surface area contributed by atoms with Crippen LogP contribution in [0.5, 0.6) is 0 Å². The minimum Gasteiger partial charge on any atom is -0.306 e. The Morgan fingerprint density at radius 3 is 2.89 bits per heavy atom. The number of pyridine rings is 1. The highest BCUT2D eigenvalue weighted by Crippen LogP contribution is 2.19. The summed E-state index contributed by atoms with van der Waals surface area (Å²) >= 11 is 0. The van der Waals surface area contributed by atoms with Crippen LogP contribution in [-0.4, -0.2) is 9.91 Å². The van der Waals surface area contributed by atoms with E-state index in [4.69, 9.17) is 0 Å². The maximum absolute atomic E-state index is 10.7.